The fourth-order valence-electron chi connectivity index (χ4n) is 10.4. The molecule has 0 aromatic rings. The second-order valence-corrected chi connectivity index (χ2v) is 22.5. The predicted octanol–water partition coefficient (Wildman–Crippen LogP) is 16.9. The molecule has 75 heavy (non-hydrogen) atoms. The first kappa shape index (κ1) is 71.2. The molecule has 9 nitrogen and oxygen atoms in total. The Bertz CT molecular complexity index is 1320. The van der Waals surface area contributed by atoms with Crippen molar-refractivity contribution >= 4 is 5.91 Å². The highest BCUT2D eigenvalue weighted by Crippen LogP contribution is 2.23. The molecule has 1 aliphatic rings. The lowest BCUT2D eigenvalue weighted by molar-refractivity contribution is -0.302. The van der Waals surface area contributed by atoms with E-state index in [0.29, 0.717) is 12.8 Å². The van der Waals surface area contributed by atoms with Crippen molar-refractivity contribution in [2.75, 3.05) is 13.2 Å². The molecule has 0 saturated carbocycles. The summed E-state index contributed by atoms with van der Waals surface area (Å²) >= 11 is 0. The Balaban J connectivity index is 2.15. The third kappa shape index (κ3) is 44.7. The van der Waals surface area contributed by atoms with Crippen molar-refractivity contribution in [2.24, 2.45) is 0 Å². The Morgan fingerprint density at radius 3 is 1.23 bits per heavy atom. The van der Waals surface area contributed by atoms with E-state index in [0.717, 1.165) is 64.2 Å². The average molecular weight is 1060 g/mol. The number of allylic oxidation sites excluding steroid dienone is 8. The number of carbonyl (C=O) groups is 1. The van der Waals surface area contributed by atoms with Gasteiger partial charge in [0.05, 0.1) is 25.4 Å². The van der Waals surface area contributed by atoms with Crippen LogP contribution in [0.4, 0.5) is 0 Å². The zero-order valence-corrected chi connectivity index (χ0v) is 49.1. The molecule has 0 aromatic heterocycles. The number of hydrogen-bond acceptors (Lipinski definition) is 8. The molecule has 6 N–H and O–H groups in total. The summed E-state index contributed by atoms with van der Waals surface area (Å²) in [5, 5.41) is 54.9. The van der Waals surface area contributed by atoms with Crippen molar-refractivity contribution in [3.8, 4) is 0 Å². The van der Waals surface area contributed by atoms with Crippen LogP contribution in [-0.2, 0) is 14.3 Å². The third-order valence-electron chi connectivity index (χ3n) is 15.4. The van der Waals surface area contributed by atoms with Crippen molar-refractivity contribution in [3.63, 3.8) is 0 Å². The Morgan fingerprint density at radius 1 is 0.467 bits per heavy atom. The number of carbonyl (C=O) groups excluding carboxylic acids is 1. The monoisotopic (exact) mass is 1060 g/mol. The minimum absolute atomic E-state index is 0.138. The van der Waals surface area contributed by atoms with E-state index in [4.69, 9.17) is 9.47 Å². The summed E-state index contributed by atoms with van der Waals surface area (Å²) < 4.78 is 11.4. The molecule has 0 aromatic carbocycles. The number of rotatable bonds is 56. The second-order valence-electron chi connectivity index (χ2n) is 22.5. The summed E-state index contributed by atoms with van der Waals surface area (Å²) in [6, 6.07) is -0.723. The van der Waals surface area contributed by atoms with Gasteiger partial charge in [0.15, 0.2) is 6.29 Å². The van der Waals surface area contributed by atoms with Crippen molar-refractivity contribution in [1.29, 1.82) is 0 Å². The summed E-state index contributed by atoms with van der Waals surface area (Å²) in [7, 11) is 0. The lowest BCUT2D eigenvalue weighted by Gasteiger charge is -2.40. The zero-order chi connectivity index (χ0) is 54.3. The van der Waals surface area contributed by atoms with E-state index in [1.807, 2.05) is 0 Å². The van der Waals surface area contributed by atoms with Gasteiger partial charge < -0.3 is 40.3 Å². The number of ether oxygens (including phenoxy) is 2. The Kier molecular flexibility index (Phi) is 52.6. The third-order valence-corrected chi connectivity index (χ3v) is 15.4. The van der Waals surface area contributed by atoms with Crippen LogP contribution >= 0.6 is 0 Å². The fraction of sp³-hybridized carbons (Fsp3) is 0.864. The van der Waals surface area contributed by atoms with Crippen LogP contribution in [0, 0.1) is 0 Å². The topological polar surface area (TPSA) is 149 Å². The molecular formula is C66H123NO8. The molecule has 0 bridgehead atoms. The van der Waals surface area contributed by atoms with Crippen LogP contribution in [0.3, 0.4) is 0 Å². The van der Waals surface area contributed by atoms with Gasteiger partial charge in [-0.3, -0.25) is 4.79 Å². The first-order chi connectivity index (χ1) is 36.8. The minimum atomic E-state index is -1.56. The average Bonchev–Trinajstić information content (AvgIpc) is 3.41. The number of unbranched alkanes of at least 4 members (excludes halogenated alkanes) is 38. The second kappa shape index (κ2) is 55.5. The minimum Gasteiger partial charge on any atom is -0.394 e. The Morgan fingerprint density at radius 2 is 0.827 bits per heavy atom. The van der Waals surface area contributed by atoms with E-state index in [-0.39, 0.29) is 12.5 Å². The standard InChI is InChI=1S/C66H123NO8/c1-3-5-7-9-11-13-15-17-19-21-23-25-27-29-30-32-33-35-37-39-41-43-45-47-49-51-53-55-60(69)59(58-74-66-65(73)64(72)63(71)61(57-68)75-66)67-62(70)56-54-52-50-48-46-44-42-40-38-36-34-31-28-26-24-22-20-18-16-14-12-10-8-6-4-2/h6,8,12,14,18,20,24,26,59-61,63-66,68-69,71-73H,3-5,7,9-11,13,15-17,19,21-23,25,27-58H2,1-2H3,(H,67,70)/b8-6-,14-12-,20-18-,26-24-. The van der Waals surface area contributed by atoms with Crippen LogP contribution < -0.4 is 5.32 Å². The first-order valence-electron chi connectivity index (χ1n) is 32.3. The van der Waals surface area contributed by atoms with Gasteiger partial charge in [-0.15, -0.1) is 0 Å². The van der Waals surface area contributed by atoms with Gasteiger partial charge in [-0.2, -0.15) is 0 Å². The number of nitrogens with one attached hydrogen (secondary N) is 1. The molecule has 1 rings (SSSR count). The molecule has 7 atom stereocenters. The van der Waals surface area contributed by atoms with Gasteiger partial charge in [-0.1, -0.05) is 300 Å². The lowest BCUT2D eigenvalue weighted by Crippen LogP contribution is -2.60. The molecule has 1 saturated heterocycles. The molecule has 0 aliphatic carbocycles. The molecule has 1 aliphatic heterocycles. The Labute approximate surface area is 463 Å². The molecule has 0 spiro atoms. The van der Waals surface area contributed by atoms with Crippen molar-refractivity contribution in [2.45, 2.75) is 352 Å². The number of aliphatic hydroxyl groups excluding tert-OH is 5. The normalized spacial score (nSPS) is 19.2. The highest BCUT2D eigenvalue weighted by molar-refractivity contribution is 5.76. The van der Waals surface area contributed by atoms with Gasteiger partial charge in [-0.05, 0) is 51.4 Å². The van der Waals surface area contributed by atoms with Gasteiger partial charge in [0, 0.05) is 6.42 Å². The van der Waals surface area contributed by atoms with E-state index in [9.17, 15) is 30.3 Å². The highest BCUT2D eigenvalue weighted by atomic mass is 16.7. The van der Waals surface area contributed by atoms with Crippen LogP contribution in [0.2, 0.25) is 0 Å². The quantitative estimate of drug-likeness (QED) is 0.0261. The van der Waals surface area contributed by atoms with E-state index in [2.05, 4.69) is 67.8 Å². The number of aliphatic hydroxyl groups is 5. The lowest BCUT2D eigenvalue weighted by atomic mass is 9.99. The largest absolute Gasteiger partial charge is 0.394 e. The van der Waals surface area contributed by atoms with Gasteiger partial charge in [0.1, 0.15) is 24.4 Å². The molecule has 1 heterocycles. The van der Waals surface area contributed by atoms with Gasteiger partial charge in [0.25, 0.3) is 0 Å². The fourth-order valence-corrected chi connectivity index (χ4v) is 10.4. The molecule has 0 radical (unpaired) electrons. The van der Waals surface area contributed by atoms with Crippen molar-refractivity contribution in [3.05, 3.63) is 48.6 Å². The van der Waals surface area contributed by atoms with E-state index in [1.165, 1.54) is 218 Å². The number of hydrogen-bond donors (Lipinski definition) is 6. The zero-order valence-electron chi connectivity index (χ0n) is 49.1. The molecular weight excluding hydrogens is 935 g/mol. The molecule has 1 fully saturated rings. The maximum Gasteiger partial charge on any atom is 0.220 e. The number of amides is 1. The SMILES string of the molecule is CC/C=C\C/C=C\C/C=C\C/C=C\CCCCCCCCCCCCCCC(=O)NC(COC1OC(CO)C(O)C(O)C1O)C(O)CCCCCCCCCCCCCCCCCCCCCCCCCCCCC. The summed E-state index contributed by atoms with van der Waals surface area (Å²) in [4.78, 5) is 13.1. The Hall–Kier alpha value is -1.85. The van der Waals surface area contributed by atoms with Crippen molar-refractivity contribution < 1.29 is 39.8 Å². The first-order valence-corrected chi connectivity index (χ1v) is 32.3. The smallest absolute Gasteiger partial charge is 0.220 e. The maximum absolute atomic E-state index is 13.1. The van der Waals surface area contributed by atoms with Gasteiger partial charge >= 0.3 is 0 Å². The molecule has 1 amide bonds. The summed E-state index contributed by atoms with van der Waals surface area (Å²) in [6.07, 6.45) is 67.3. The molecule has 440 valence electrons. The van der Waals surface area contributed by atoms with Crippen LogP contribution in [0.25, 0.3) is 0 Å². The van der Waals surface area contributed by atoms with Crippen molar-refractivity contribution in [1.82, 2.24) is 5.32 Å². The van der Waals surface area contributed by atoms with E-state index in [1.54, 1.807) is 0 Å². The maximum atomic E-state index is 13.1. The van der Waals surface area contributed by atoms with Crippen LogP contribution in [0.1, 0.15) is 309 Å². The predicted molar refractivity (Wildman–Crippen MR) is 318 cm³/mol. The molecule has 7 unspecified atom stereocenters. The summed E-state index contributed by atoms with van der Waals surface area (Å²) in [5.74, 6) is -0.143. The van der Waals surface area contributed by atoms with Gasteiger partial charge in [0.2, 0.25) is 5.91 Å². The molecule has 9 heteroatoms. The van der Waals surface area contributed by atoms with Crippen LogP contribution in [0.15, 0.2) is 48.6 Å². The van der Waals surface area contributed by atoms with E-state index >= 15 is 0 Å². The van der Waals surface area contributed by atoms with Crippen LogP contribution in [-0.4, -0.2) is 87.5 Å². The van der Waals surface area contributed by atoms with Gasteiger partial charge in [-0.25, -0.2) is 0 Å². The van der Waals surface area contributed by atoms with E-state index < -0.39 is 49.5 Å². The summed E-state index contributed by atoms with van der Waals surface area (Å²) in [6.45, 7) is 3.76. The highest BCUT2D eigenvalue weighted by Gasteiger charge is 2.44. The van der Waals surface area contributed by atoms with Crippen LogP contribution in [0.5, 0.6) is 0 Å². The summed E-state index contributed by atoms with van der Waals surface area (Å²) in [5.41, 5.74) is 0.